The number of ether oxygens (including phenoxy) is 1. The van der Waals surface area contributed by atoms with Crippen molar-refractivity contribution in [2.24, 2.45) is 0 Å². The fourth-order valence-corrected chi connectivity index (χ4v) is 3.56. The van der Waals surface area contributed by atoms with E-state index in [1.54, 1.807) is 0 Å². The summed E-state index contributed by atoms with van der Waals surface area (Å²) in [7, 11) is 4.28. The SMILES string of the molecule is C[C@H]1OCCN[C@@H]1C(=O)NCC1(N(C)C)CCCCCC1.Cl.Cl. The van der Waals surface area contributed by atoms with Crippen molar-refractivity contribution < 1.29 is 9.53 Å². The lowest BCUT2D eigenvalue weighted by Crippen LogP contribution is -2.59. The third kappa shape index (κ3) is 6.05. The lowest BCUT2D eigenvalue weighted by molar-refractivity contribution is -0.129. The monoisotopic (exact) mass is 369 g/mol. The molecule has 0 aromatic rings. The quantitative estimate of drug-likeness (QED) is 0.743. The van der Waals surface area contributed by atoms with Crippen LogP contribution in [-0.2, 0) is 9.53 Å². The maximum absolute atomic E-state index is 12.4. The number of likely N-dealkylation sites (N-methyl/N-ethyl adjacent to an activating group) is 1. The first-order valence-corrected chi connectivity index (χ1v) is 8.35. The van der Waals surface area contributed by atoms with Gasteiger partial charge in [0, 0.05) is 18.6 Å². The Hall–Kier alpha value is -0.0700. The van der Waals surface area contributed by atoms with E-state index in [1.807, 2.05) is 6.92 Å². The molecule has 0 aromatic carbocycles. The second-order valence-electron chi connectivity index (χ2n) is 6.76. The number of morpholine rings is 1. The number of halogens is 2. The van der Waals surface area contributed by atoms with Crippen molar-refractivity contribution >= 4 is 30.7 Å². The number of amides is 1. The van der Waals surface area contributed by atoms with Crippen molar-refractivity contribution in [2.45, 2.75) is 63.1 Å². The Balaban J connectivity index is 0.00000242. The van der Waals surface area contributed by atoms with Gasteiger partial charge in [0.05, 0.1) is 12.7 Å². The molecule has 23 heavy (non-hydrogen) atoms. The van der Waals surface area contributed by atoms with Gasteiger partial charge in [-0.25, -0.2) is 0 Å². The van der Waals surface area contributed by atoms with E-state index in [4.69, 9.17) is 4.74 Å². The largest absolute Gasteiger partial charge is 0.375 e. The van der Waals surface area contributed by atoms with E-state index in [0.29, 0.717) is 6.61 Å². The first-order chi connectivity index (χ1) is 10.1. The second-order valence-corrected chi connectivity index (χ2v) is 6.76. The number of hydrogen-bond acceptors (Lipinski definition) is 4. The highest BCUT2D eigenvalue weighted by Crippen LogP contribution is 2.30. The van der Waals surface area contributed by atoms with Gasteiger partial charge in [0.15, 0.2) is 0 Å². The van der Waals surface area contributed by atoms with Gasteiger partial charge in [-0.15, -0.1) is 24.8 Å². The maximum Gasteiger partial charge on any atom is 0.239 e. The van der Waals surface area contributed by atoms with E-state index < -0.39 is 0 Å². The van der Waals surface area contributed by atoms with Crippen LogP contribution in [-0.4, -0.2) is 62.3 Å². The van der Waals surface area contributed by atoms with E-state index >= 15 is 0 Å². The van der Waals surface area contributed by atoms with Gasteiger partial charge >= 0.3 is 0 Å². The van der Waals surface area contributed by atoms with E-state index in [9.17, 15) is 4.79 Å². The molecule has 5 nitrogen and oxygen atoms in total. The van der Waals surface area contributed by atoms with Crippen LogP contribution in [0.5, 0.6) is 0 Å². The van der Waals surface area contributed by atoms with Crippen LogP contribution in [0.4, 0.5) is 0 Å². The van der Waals surface area contributed by atoms with Gasteiger partial charge in [-0.3, -0.25) is 4.79 Å². The van der Waals surface area contributed by atoms with Crippen LogP contribution in [0.25, 0.3) is 0 Å². The van der Waals surface area contributed by atoms with Gasteiger partial charge in [0.25, 0.3) is 0 Å². The summed E-state index contributed by atoms with van der Waals surface area (Å²) in [4.78, 5) is 14.7. The van der Waals surface area contributed by atoms with Gasteiger partial charge < -0.3 is 20.3 Å². The lowest BCUT2D eigenvalue weighted by atomic mass is 9.88. The molecule has 1 amide bonds. The van der Waals surface area contributed by atoms with Crippen LogP contribution in [0.15, 0.2) is 0 Å². The molecule has 0 unspecified atom stereocenters. The van der Waals surface area contributed by atoms with Gasteiger partial charge in [-0.1, -0.05) is 25.7 Å². The highest BCUT2D eigenvalue weighted by atomic mass is 35.5. The minimum absolute atomic E-state index is 0. The van der Waals surface area contributed by atoms with Crippen LogP contribution in [0.2, 0.25) is 0 Å². The number of nitrogens with zero attached hydrogens (tertiary/aromatic N) is 1. The Kier molecular flexibility index (Phi) is 10.7. The molecule has 2 atom stereocenters. The Morgan fingerprint density at radius 1 is 1.22 bits per heavy atom. The third-order valence-electron chi connectivity index (χ3n) is 5.17. The molecule has 7 heteroatoms. The van der Waals surface area contributed by atoms with Crippen molar-refractivity contribution in [3.8, 4) is 0 Å². The number of carbonyl (C=O) groups is 1. The average Bonchev–Trinajstić information content (AvgIpc) is 2.72. The highest BCUT2D eigenvalue weighted by Gasteiger charge is 2.35. The zero-order valence-corrected chi connectivity index (χ0v) is 16.2. The summed E-state index contributed by atoms with van der Waals surface area (Å²) < 4.78 is 5.56. The molecule has 0 spiro atoms. The third-order valence-corrected chi connectivity index (χ3v) is 5.17. The summed E-state index contributed by atoms with van der Waals surface area (Å²) in [6.45, 7) is 4.14. The highest BCUT2D eigenvalue weighted by molar-refractivity contribution is 5.85. The van der Waals surface area contributed by atoms with Crippen LogP contribution in [0.3, 0.4) is 0 Å². The molecule has 0 bridgehead atoms. The summed E-state index contributed by atoms with van der Waals surface area (Å²) >= 11 is 0. The predicted octanol–water partition coefficient (Wildman–Crippen LogP) is 1.98. The summed E-state index contributed by atoms with van der Waals surface area (Å²) in [5.41, 5.74) is 0.116. The standard InChI is InChI=1S/C16H31N3O2.2ClH/c1-13-14(17-10-11-21-13)15(20)18-12-16(19(2)3)8-6-4-5-7-9-16;;/h13-14,17H,4-12H2,1-3H3,(H,18,20);2*1H/t13-,14+;;/m1../s1. The normalized spacial score (nSPS) is 27.3. The van der Waals surface area contributed by atoms with Gasteiger partial charge in [0.1, 0.15) is 6.04 Å². The Bertz CT molecular complexity index is 348. The van der Waals surface area contributed by atoms with Crippen molar-refractivity contribution in [3.05, 3.63) is 0 Å². The second kappa shape index (κ2) is 10.7. The molecule has 2 fully saturated rings. The number of nitrogens with one attached hydrogen (secondary N) is 2. The van der Waals surface area contributed by atoms with E-state index in [2.05, 4.69) is 29.6 Å². The van der Waals surface area contributed by atoms with E-state index in [0.717, 1.165) is 13.1 Å². The summed E-state index contributed by atoms with van der Waals surface area (Å²) in [6, 6.07) is -0.219. The Labute approximate surface area is 153 Å². The molecule has 2 aliphatic rings. The van der Waals surface area contributed by atoms with Crippen LogP contribution >= 0.6 is 24.8 Å². The zero-order chi connectivity index (χ0) is 15.3. The molecule has 0 radical (unpaired) electrons. The molecule has 2 N–H and O–H groups in total. The summed E-state index contributed by atoms with van der Waals surface area (Å²) in [6.07, 6.45) is 7.44. The van der Waals surface area contributed by atoms with Crippen LogP contribution in [0, 0.1) is 0 Å². The number of carbonyl (C=O) groups excluding carboxylic acids is 1. The summed E-state index contributed by atoms with van der Waals surface area (Å²) in [5.74, 6) is 0.0765. The maximum atomic E-state index is 12.4. The van der Waals surface area contributed by atoms with Crippen LogP contribution in [0.1, 0.15) is 45.4 Å². The molecule has 1 aliphatic heterocycles. The topological polar surface area (TPSA) is 53.6 Å². The minimum Gasteiger partial charge on any atom is -0.375 e. The predicted molar refractivity (Wildman–Crippen MR) is 98.8 cm³/mol. The lowest BCUT2D eigenvalue weighted by Gasteiger charge is -2.40. The molecule has 1 heterocycles. The van der Waals surface area contributed by atoms with Crippen molar-refractivity contribution in [1.29, 1.82) is 0 Å². The molecule has 138 valence electrons. The van der Waals surface area contributed by atoms with Gasteiger partial charge in [0.2, 0.25) is 5.91 Å². The number of rotatable bonds is 4. The molecule has 1 saturated heterocycles. The molecule has 1 aliphatic carbocycles. The summed E-state index contributed by atoms with van der Waals surface area (Å²) in [5, 5.41) is 6.44. The average molecular weight is 370 g/mol. The van der Waals surface area contributed by atoms with Gasteiger partial charge in [-0.2, -0.15) is 0 Å². The molecular formula is C16H33Cl2N3O2. The zero-order valence-electron chi connectivity index (χ0n) is 14.6. The minimum atomic E-state index is -0.219. The first kappa shape index (κ1) is 22.9. The Morgan fingerprint density at radius 2 is 1.83 bits per heavy atom. The Morgan fingerprint density at radius 3 is 2.35 bits per heavy atom. The van der Waals surface area contributed by atoms with E-state index in [-0.39, 0.29) is 48.4 Å². The molecule has 1 saturated carbocycles. The fraction of sp³-hybridized carbons (Fsp3) is 0.938. The number of hydrogen-bond donors (Lipinski definition) is 2. The van der Waals surface area contributed by atoms with Crippen molar-refractivity contribution in [3.63, 3.8) is 0 Å². The van der Waals surface area contributed by atoms with Gasteiger partial charge in [-0.05, 0) is 33.9 Å². The fourth-order valence-electron chi connectivity index (χ4n) is 3.56. The smallest absolute Gasteiger partial charge is 0.239 e. The van der Waals surface area contributed by atoms with Crippen LogP contribution < -0.4 is 10.6 Å². The molecule has 2 rings (SSSR count). The first-order valence-electron chi connectivity index (χ1n) is 8.35. The molecular weight excluding hydrogens is 337 g/mol. The molecule has 0 aromatic heterocycles. The van der Waals surface area contributed by atoms with Crippen molar-refractivity contribution in [1.82, 2.24) is 15.5 Å². The van der Waals surface area contributed by atoms with E-state index in [1.165, 1.54) is 38.5 Å². The van der Waals surface area contributed by atoms with Crippen molar-refractivity contribution in [2.75, 3.05) is 33.8 Å².